The van der Waals surface area contributed by atoms with Crippen LogP contribution in [0.3, 0.4) is 0 Å². The number of aliphatic hydroxyl groups excluding tert-OH is 1. The molecule has 0 saturated carbocycles. The summed E-state index contributed by atoms with van der Waals surface area (Å²) >= 11 is 0. The monoisotopic (exact) mass is 260 g/mol. The van der Waals surface area contributed by atoms with E-state index in [1.807, 2.05) is 0 Å². The third-order valence-electron chi connectivity index (χ3n) is 3.29. The van der Waals surface area contributed by atoms with Gasteiger partial charge in [0, 0.05) is 32.8 Å². The predicted molar refractivity (Wildman–Crippen MR) is 77.0 cm³/mol. The molecule has 0 bridgehead atoms. The second-order valence-corrected chi connectivity index (χ2v) is 4.82. The molecule has 0 rings (SSSR count). The predicted octanol–water partition coefficient (Wildman–Crippen LogP) is 1.48. The first-order chi connectivity index (χ1) is 8.69. The molecule has 0 aromatic carbocycles. The van der Waals surface area contributed by atoms with E-state index in [0.29, 0.717) is 12.6 Å². The van der Waals surface area contributed by atoms with Gasteiger partial charge in [-0.05, 0) is 25.8 Å². The molecule has 0 aliphatic heterocycles. The minimum atomic E-state index is -0.297. The summed E-state index contributed by atoms with van der Waals surface area (Å²) in [6.07, 6.45) is 3.05. The van der Waals surface area contributed by atoms with Gasteiger partial charge in [0.25, 0.3) is 0 Å². The highest BCUT2D eigenvalue weighted by Crippen LogP contribution is 2.09. The molecule has 0 aromatic heterocycles. The zero-order valence-electron chi connectivity index (χ0n) is 12.6. The summed E-state index contributed by atoms with van der Waals surface area (Å²) in [6.45, 7) is 10.5. The number of ether oxygens (including phenoxy) is 1. The van der Waals surface area contributed by atoms with Crippen LogP contribution in [0.25, 0.3) is 0 Å². The molecule has 110 valence electrons. The Bertz CT molecular complexity index is 175. The van der Waals surface area contributed by atoms with Crippen LogP contribution < -0.4 is 5.32 Å². The Hall–Kier alpha value is -0.160. The van der Waals surface area contributed by atoms with E-state index in [4.69, 9.17) is 4.74 Å². The lowest BCUT2D eigenvalue weighted by molar-refractivity contribution is 0.0611. The van der Waals surface area contributed by atoms with Crippen LogP contribution in [0.2, 0.25) is 0 Å². The van der Waals surface area contributed by atoms with E-state index in [0.717, 1.165) is 45.5 Å². The number of nitrogens with zero attached hydrogens (tertiary/aromatic N) is 1. The number of hydrogen-bond acceptors (Lipinski definition) is 4. The van der Waals surface area contributed by atoms with Crippen LogP contribution >= 0.6 is 0 Å². The molecule has 2 N–H and O–H groups in total. The SMILES string of the molecule is CCCNCC(O)CN(CCOC)C(CC)CC. The van der Waals surface area contributed by atoms with Crippen molar-refractivity contribution in [3.05, 3.63) is 0 Å². The van der Waals surface area contributed by atoms with Gasteiger partial charge in [-0.15, -0.1) is 0 Å². The Kier molecular flexibility index (Phi) is 11.8. The van der Waals surface area contributed by atoms with E-state index in [1.54, 1.807) is 7.11 Å². The Labute approximate surface area is 113 Å². The van der Waals surface area contributed by atoms with Crippen molar-refractivity contribution in [2.45, 2.75) is 52.2 Å². The fourth-order valence-electron chi connectivity index (χ4n) is 2.22. The van der Waals surface area contributed by atoms with E-state index in [1.165, 1.54) is 0 Å². The second-order valence-electron chi connectivity index (χ2n) is 4.82. The lowest BCUT2D eigenvalue weighted by Crippen LogP contribution is -2.44. The number of nitrogens with one attached hydrogen (secondary N) is 1. The van der Waals surface area contributed by atoms with Gasteiger partial charge in [-0.25, -0.2) is 0 Å². The van der Waals surface area contributed by atoms with Crippen LogP contribution in [0.1, 0.15) is 40.0 Å². The van der Waals surface area contributed by atoms with Gasteiger partial charge >= 0.3 is 0 Å². The standard InChI is InChI=1S/C14H32N2O2/c1-5-8-15-11-14(17)12-16(9-10-18-4)13(6-2)7-3/h13-15,17H,5-12H2,1-4H3. The average molecular weight is 260 g/mol. The number of aliphatic hydroxyl groups is 1. The molecular formula is C14H32N2O2. The van der Waals surface area contributed by atoms with E-state index >= 15 is 0 Å². The summed E-state index contributed by atoms with van der Waals surface area (Å²) in [4.78, 5) is 2.35. The second kappa shape index (κ2) is 11.9. The first-order valence-corrected chi connectivity index (χ1v) is 7.31. The first-order valence-electron chi connectivity index (χ1n) is 7.31. The van der Waals surface area contributed by atoms with Crippen LogP contribution in [0.4, 0.5) is 0 Å². The number of rotatable bonds is 12. The lowest BCUT2D eigenvalue weighted by Gasteiger charge is -2.32. The third-order valence-corrected chi connectivity index (χ3v) is 3.29. The van der Waals surface area contributed by atoms with Gasteiger partial charge in [-0.3, -0.25) is 4.90 Å². The highest BCUT2D eigenvalue weighted by molar-refractivity contribution is 4.73. The summed E-state index contributed by atoms with van der Waals surface area (Å²) in [5.41, 5.74) is 0. The van der Waals surface area contributed by atoms with E-state index in [2.05, 4.69) is 31.0 Å². The summed E-state index contributed by atoms with van der Waals surface area (Å²) < 4.78 is 5.15. The van der Waals surface area contributed by atoms with Gasteiger partial charge < -0.3 is 15.2 Å². The molecule has 0 fully saturated rings. The topological polar surface area (TPSA) is 44.7 Å². The molecule has 0 saturated heterocycles. The van der Waals surface area contributed by atoms with Crippen molar-refractivity contribution in [2.24, 2.45) is 0 Å². The minimum Gasteiger partial charge on any atom is -0.390 e. The van der Waals surface area contributed by atoms with Gasteiger partial charge in [0.1, 0.15) is 0 Å². The Morgan fingerprint density at radius 2 is 1.89 bits per heavy atom. The maximum absolute atomic E-state index is 10.0. The average Bonchev–Trinajstić information content (AvgIpc) is 2.37. The zero-order chi connectivity index (χ0) is 13.8. The van der Waals surface area contributed by atoms with Crippen molar-refractivity contribution in [3.63, 3.8) is 0 Å². The maximum Gasteiger partial charge on any atom is 0.0791 e. The van der Waals surface area contributed by atoms with Crippen LogP contribution in [0.15, 0.2) is 0 Å². The van der Waals surface area contributed by atoms with Gasteiger partial charge in [-0.1, -0.05) is 20.8 Å². The van der Waals surface area contributed by atoms with Crippen molar-refractivity contribution in [1.82, 2.24) is 10.2 Å². The molecule has 0 aliphatic rings. The van der Waals surface area contributed by atoms with E-state index in [9.17, 15) is 5.11 Å². The molecule has 18 heavy (non-hydrogen) atoms. The molecule has 1 unspecified atom stereocenters. The highest BCUT2D eigenvalue weighted by atomic mass is 16.5. The van der Waals surface area contributed by atoms with E-state index in [-0.39, 0.29) is 6.10 Å². The summed E-state index contributed by atoms with van der Waals surface area (Å²) in [7, 11) is 1.73. The fourth-order valence-corrected chi connectivity index (χ4v) is 2.22. The maximum atomic E-state index is 10.0. The molecule has 4 heteroatoms. The minimum absolute atomic E-state index is 0.297. The van der Waals surface area contributed by atoms with Crippen LogP contribution in [0.5, 0.6) is 0 Å². The lowest BCUT2D eigenvalue weighted by atomic mass is 10.1. The van der Waals surface area contributed by atoms with E-state index < -0.39 is 0 Å². The fraction of sp³-hybridized carbons (Fsp3) is 1.00. The number of methoxy groups -OCH3 is 1. The molecule has 0 radical (unpaired) electrons. The first kappa shape index (κ1) is 17.8. The quantitative estimate of drug-likeness (QED) is 0.522. The molecule has 0 amide bonds. The van der Waals surface area contributed by atoms with Crippen LogP contribution in [-0.2, 0) is 4.74 Å². The van der Waals surface area contributed by atoms with Crippen molar-refractivity contribution in [1.29, 1.82) is 0 Å². The van der Waals surface area contributed by atoms with Gasteiger partial charge in [-0.2, -0.15) is 0 Å². The molecule has 0 aliphatic carbocycles. The molecular weight excluding hydrogens is 228 g/mol. The van der Waals surface area contributed by atoms with Gasteiger partial charge in [0.15, 0.2) is 0 Å². The van der Waals surface area contributed by atoms with Gasteiger partial charge in [0.2, 0.25) is 0 Å². The molecule has 1 atom stereocenters. The Morgan fingerprint density at radius 1 is 1.22 bits per heavy atom. The number of hydrogen-bond donors (Lipinski definition) is 2. The normalized spacial score (nSPS) is 13.5. The molecule has 0 heterocycles. The summed E-state index contributed by atoms with van der Waals surface area (Å²) in [5.74, 6) is 0. The molecule has 0 spiro atoms. The zero-order valence-corrected chi connectivity index (χ0v) is 12.6. The molecule has 0 aromatic rings. The van der Waals surface area contributed by atoms with Gasteiger partial charge in [0.05, 0.1) is 12.7 Å². The molecule has 4 nitrogen and oxygen atoms in total. The smallest absolute Gasteiger partial charge is 0.0791 e. The summed E-state index contributed by atoms with van der Waals surface area (Å²) in [6, 6.07) is 0.543. The van der Waals surface area contributed by atoms with Crippen LogP contribution in [0, 0.1) is 0 Å². The van der Waals surface area contributed by atoms with Crippen molar-refractivity contribution in [2.75, 3.05) is 39.9 Å². The van der Waals surface area contributed by atoms with Crippen molar-refractivity contribution >= 4 is 0 Å². The summed E-state index contributed by atoms with van der Waals surface area (Å²) in [5, 5.41) is 13.3. The highest BCUT2D eigenvalue weighted by Gasteiger charge is 2.18. The Morgan fingerprint density at radius 3 is 2.39 bits per heavy atom. The van der Waals surface area contributed by atoms with Crippen molar-refractivity contribution in [3.8, 4) is 0 Å². The largest absolute Gasteiger partial charge is 0.390 e. The third kappa shape index (κ3) is 8.03. The van der Waals surface area contributed by atoms with Crippen molar-refractivity contribution < 1.29 is 9.84 Å². The Balaban J connectivity index is 4.11. The van der Waals surface area contributed by atoms with Crippen LogP contribution in [-0.4, -0.2) is 62.0 Å².